The molecule has 0 aliphatic carbocycles. The van der Waals surface area contributed by atoms with Gasteiger partial charge in [0.15, 0.2) is 0 Å². The number of halogens is 1. The number of amides is 2. The Labute approximate surface area is 177 Å². The Morgan fingerprint density at radius 3 is 2.48 bits per heavy atom. The third kappa shape index (κ3) is 6.27. The second-order valence-electron chi connectivity index (χ2n) is 7.25. The summed E-state index contributed by atoms with van der Waals surface area (Å²) < 4.78 is 10.5. The molecule has 2 aromatic rings. The van der Waals surface area contributed by atoms with E-state index in [4.69, 9.17) is 21.1 Å². The van der Waals surface area contributed by atoms with E-state index in [1.54, 1.807) is 32.4 Å². The van der Waals surface area contributed by atoms with E-state index in [-0.39, 0.29) is 6.03 Å². The smallest absolute Gasteiger partial charge is 0.319 e. The highest BCUT2D eigenvalue weighted by Crippen LogP contribution is 2.29. The average molecular weight is 418 g/mol. The van der Waals surface area contributed by atoms with Crippen LogP contribution in [-0.2, 0) is 6.54 Å². The van der Waals surface area contributed by atoms with Crippen LogP contribution in [0.15, 0.2) is 42.5 Å². The van der Waals surface area contributed by atoms with Crippen molar-refractivity contribution in [2.75, 3.05) is 39.2 Å². The molecule has 1 saturated heterocycles. The van der Waals surface area contributed by atoms with Crippen molar-refractivity contribution in [1.82, 2.24) is 10.2 Å². The van der Waals surface area contributed by atoms with Gasteiger partial charge in [0.05, 0.1) is 19.9 Å². The lowest BCUT2D eigenvalue weighted by molar-refractivity contribution is 0.175. The van der Waals surface area contributed by atoms with E-state index in [2.05, 4.69) is 27.7 Å². The number of piperidine rings is 1. The van der Waals surface area contributed by atoms with Crippen LogP contribution in [0.5, 0.6) is 11.5 Å². The van der Waals surface area contributed by atoms with Crippen LogP contribution in [0.25, 0.3) is 0 Å². The minimum absolute atomic E-state index is 0.225. The number of anilines is 1. The summed E-state index contributed by atoms with van der Waals surface area (Å²) in [4.78, 5) is 14.7. The number of urea groups is 1. The predicted molar refractivity (Wildman–Crippen MR) is 116 cm³/mol. The molecule has 1 aliphatic heterocycles. The summed E-state index contributed by atoms with van der Waals surface area (Å²) in [6.07, 6.45) is 2.14. The molecule has 156 valence electrons. The SMILES string of the molecule is COc1ccc(NC(=O)NCC2CCN(Cc3ccc(Cl)cc3)CC2)c(OC)c1. The lowest BCUT2D eigenvalue weighted by atomic mass is 9.96. The number of nitrogens with zero attached hydrogens (tertiary/aromatic N) is 1. The quantitative estimate of drug-likeness (QED) is 0.701. The van der Waals surface area contributed by atoms with Crippen LogP contribution in [0.1, 0.15) is 18.4 Å². The zero-order valence-electron chi connectivity index (χ0n) is 16.9. The second kappa shape index (κ2) is 10.4. The first-order valence-electron chi connectivity index (χ1n) is 9.81. The normalized spacial score (nSPS) is 15.0. The molecule has 2 N–H and O–H groups in total. The van der Waals surface area contributed by atoms with Gasteiger partial charge in [-0.05, 0) is 61.7 Å². The molecule has 0 unspecified atom stereocenters. The molecule has 0 spiro atoms. The first-order valence-corrected chi connectivity index (χ1v) is 10.2. The first kappa shape index (κ1) is 21.3. The van der Waals surface area contributed by atoms with Gasteiger partial charge in [-0.3, -0.25) is 4.90 Å². The molecule has 1 fully saturated rings. The van der Waals surface area contributed by atoms with Gasteiger partial charge in [0.2, 0.25) is 0 Å². The van der Waals surface area contributed by atoms with Gasteiger partial charge >= 0.3 is 6.03 Å². The van der Waals surface area contributed by atoms with E-state index in [0.29, 0.717) is 29.6 Å². The topological polar surface area (TPSA) is 62.8 Å². The largest absolute Gasteiger partial charge is 0.497 e. The number of hydrogen-bond acceptors (Lipinski definition) is 4. The summed E-state index contributed by atoms with van der Waals surface area (Å²) >= 11 is 5.95. The van der Waals surface area contributed by atoms with Crippen LogP contribution < -0.4 is 20.1 Å². The van der Waals surface area contributed by atoms with Crippen molar-refractivity contribution >= 4 is 23.3 Å². The molecular weight excluding hydrogens is 390 g/mol. The minimum atomic E-state index is -0.225. The van der Waals surface area contributed by atoms with Gasteiger partial charge in [-0.2, -0.15) is 0 Å². The molecule has 3 rings (SSSR count). The maximum atomic E-state index is 12.3. The highest BCUT2D eigenvalue weighted by Gasteiger charge is 2.20. The van der Waals surface area contributed by atoms with E-state index in [0.717, 1.165) is 37.5 Å². The summed E-state index contributed by atoms with van der Waals surface area (Å²) in [5.74, 6) is 1.73. The summed E-state index contributed by atoms with van der Waals surface area (Å²) in [6, 6.07) is 13.1. The summed E-state index contributed by atoms with van der Waals surface area (Å²) in [5, 5.41) is 6.60. The van der Waals surface area contributed by atoms with E-state index in [1.807, 2.05) is 12.1 Å². The predicted octanol–water partition coefficient (Wildman–Crippen LogP) is 4.39. The molecule has 0 atom stereocenters. The Balaban J connectivity index is 1.41. The van der Waals surface area contributed by atoms with E-state index >= 15 is 0 Å². The van der Waals surface area contributed by atoms with Crippen LogP contribution in [0.2, 0.25) is 5.02 Å². The van der Waals surface area contributed by atoms with Gasteiger partial charge in [-0.1, -0.05) is 23.7 Å². The minimum Gasteiger partial charge on any atom is -0.497 e. The summed E-state index contributed by atoms with van der Waals surface area (Å²) in [5.41, 5.74) is 1.89. The number of carbonyl (C=O) groups excluding carboxylic acids is 1. The van der Waals surface area contributed by atoms with Crippen LogP contribution in [0.4, 0.5) is 10.5 Å². The fraction of sp³-hybridized carbons (Fsp3) is 0.409. The van der Waals surface area contributed by atoms with E-state index in [9.17, 15) is 4.79 Å². The van der Waals surface area contributed by atoms with Gasteiger partial charge in [-0.15, -0.1) is 0 Å². The molecule has 0 aromatic heterocycles. The van der Waals surface area contributed by atoms with Gasteiger partial charge < -0.3 is 20.1 Å². The monoisotopic (exact) mass is 417 g/mol. The molecular formula is C22H28ClN3O3. The second-order valence-corrected chi connectivity index (χ2v) is 7.68. The van der Waals surface area contributed by atoms with Gasteiger partial charge in [0.25, 0.3) is 0 Å². The van der Waals surface area contributed by atoms with Crippen LogP contribution >= 0.6 is 11.6 Å². The van der Waals surface area contributed by atoms with Gasteiger partial charge in [0, 0.05) is 24.2 Å². The van der Waals surface area contributed by atoms with Gasteiger partial charge in [-0.25, -0.2) is 4.79 Å². The zero-order valence-corrected chi connectivity index (χ0v) is 17.7. The van der Waals surface area contributed by atoms with Gasteiger partial charge in [0.1, 0.15) is 11.5 Å². The maximum Gasteiger partial charge on any atom is 0.319 e. The first-order chi connectivity index (χ1) is 14.1. The lowest BCUT2D eigenvalue weighted by Crippen LogP contribution is -2.39. The number of carbonyl (C=O) groups is 1. The number of hydrogen-bond donors (Lipinski definition) is 2. The summed E-state index contributed by atoms with van der Waals surface area (Å²) in [7, 11) is 3.16. The van der Waals surface area contributed by atoms with Crippen molar-refractivity contribution in [3.8, 4) is 11.5 Å². The number of ether oxygens (including phenoxy) is 2. The number of nitrogens with one attached hydrogen (secondary N) is 2. The Bertz CT molecular complexity index is 805. The molecule has 2 aromatic carbocycles. The molecule has 29 heavy (non-hydrogen) atoms. The number of methoxy groups -OCH3 is 2. The number of benzene rings is 2. The van der Waals surface area contributed by atoms with Crippen molar-refractivity contribution in [1.29, 1.82) is 0 Å². The number of rotatable bonds is 7. The maximum absolute atomic E-state index is 12.3. The Kier molecular flexibility index (Phi) is 7.61. The van der Waals surface area contributed by atoms with E-state index in [1.165, 1.54) is 5.56 Å². The average Bonchev–Trinajstić information content (AvgIpc) is 2.75. The third-order valence-corrected chi connectivity index (χ3v) is 5.49. The van der Waals surface area contributed by atoms with Crippen LogP contribution in [0, 0.1) is 5.92 Å². The Morgan fingerprint density at radius 1 is 1.10 bits per heavy atom. The van der Waals surface area contributed by atoms with Crippen molar-refractivity contribution in [2.45, 2.75) is 19.4 Å². The van der Waals surface area contributed by atoms with Crippen molar-refractivity contribution in [3.05, 3.63) is 53.1 Å². The molecule has 7 heteroatoms. The highest BCUT2D eigenvalue weighted by molar-refractivity contribution is 6.30. The third-order valence-electron chi connectivity index (χ3n) is 5.23. The van der Waals surface area contributed by atoms with Crippen molar-refractivity contribution < 1.29 is 14.3 Å². The molecule has 1 aliphatic rings. The van der Waals surface area contributed by atoms with Crippen LogP contribution in [0.3, 0.4) is 0 Å². The van der Waals surface area contributed by atoms with E-state index < -0.39 is 0 Å². The van der Waals surface area contributed by atoms with Crippen molar-refractivity contribution in [2.24, 2.45) is 5.92 Å². The summed E-state index contributed by atoms with van der Waals surface area (Å²) in [6.45, 7) is 3.67. The molecule has 2 amide bonds. The number of likely N-dealkylation sites (tertiary alicyclic amines) is 1. The van der Waals surface area contributed by atoms with Crippen molar-refractivity contribution in [3.63, 3.8) is 0 Å². The highest BCUT2D eigenvalue weighted by atomic mass is 35.5. The molecule has 0 radical (unpaired) electrons. The van der Waals surface area contributed by atoms with Crippen LogP contribution in [-0.4, -0.2) is 44.8 Å². The fourth-order valence-electron chi connectivity index (χ4n) is 3.50. The molecule has 0 saturated carbocycles. The molecule has 6 nitrogen and oxygen atoms in total. The standard InChI is InChI=1S/C22H28ClN3O3/c1-28-19-7-8-20(21(13-19)29-2)25-22(27)24-14-16-9-11-26(12-10-16)15-17-3-5-18(23)6-4-17/h3-8,13,16H,9-12,14-15H2,1-2H3,(H2,24,25,27). The Morgan fingerprint density at radius 2 is 1.83 bits per heavy atom. The molecule has 0 bridgehead atoms. The Hall–Kier alpha value is -2.44. The fourth-order valence-corrected chi connectivity index (χ4v) is 3.63. The lowest BCUT2D eigenvalue weighted by Gasteiger charge is -2.32. The molecule has 1 heterocycles. The zero-order chi connectivity index (χ0) is 20.6.